The van der Waals surface area contributed by atoms with E-state index in [1.54, 1.807) is 26.3 Å². The predicted molar refractivity (Wildman–Crippen MR) is 107 cm³/mol. The van der Waals surface area contributed by atoms with E-state index < -0.39 is 0 Å². The average molecular weight is 453 g/mol. The first-order valence-corrected chi connectivity index (χ1v) is 8.02. The number of halogens is 2. The fourth-order valence-corrected chi connectivity index (χ4v) is 1.98. The molecule has 0 bridgehead atoms. The van der Waals surface area contributed by atoms with Gasteiger partial charge in [0.15, 0.2) is 5.96 Å². The lowest BCUT2D eigenvalue weighted by atomic mass is 10.1. The van der Waals surface area contributed by atoms with Crippen LogP contribution in [0.25, 0.3) is 0 Å². The summed E-state index contributed by atoms with van der Waals surface area (Å²) in [5, 5.41) is 6.51. The molecule has 0 aliphatic heterocycles. The van der Waals surface area contributed by atoms with Crippen molar-refractivity contribution in [3.8, 4) is 0 Å². The second kappa shape index (κ2) is 15.6. The number of hydrogen-bond acceptors (Lipinski definition) is 3. The Labute approximate surface area is 161 Å². The molecule has 0 radical (unpaired) electrons. The highest BCUT2D eigenvalue weighted by Gasteiger charge is 1.98. The van der Waals surface area contributed by atoms with Gasteiger partial charge < -0.3 is 20.1 Å². The number of methoxy groups -OCH3 is 1. The van der Waals surface area contributed by atoms with E-state index in [0.717, 1.165) is 50.5 Å². The summed E-state index contributed by atoms with van der Waals surface area (Å²) in [6.45, 7) is 3.65. The van der Waals surface area contributed by atoms with Gasteiger partial charge in [0, 0.05) is 33.9 Å². The van der Waals surface area contributed by atoms with Gasteiger partial charge in [-0.2, -0.15) is 0 Å². The van der Waals surface area contributed by atoms with Crippen molar-refractivity contribution in [2.24, 2.45) is 4.99 Å². The number of nitrogens with zero attached hydrogens (tertiary/aromatic N) is 1. The largest absolute Gasteiger partial charge is 0.382 e. The average Bonchev–Trinajstić information content (AvgIpc) is 2.57. The zero-order valence-electron chi connectivity index (χ0n) is 14.5. The molecule has 1 rings (SSSR count). The molecule has 138 valence electrons. The quantitative estimate of drug-likeness (QED) is 0.234. The molecule has 24 heavy (non-hydrogen) atoms. The number of unbranched alkanes of at least 4 members (excludes halogenated alkanes) is 1. The minimum atomic E-state index is -0.203. The summed E-state index contributed by atoms with van der Waals surface area (Å²) in [7, 11) is 3.42. The van der Waals surface area contributed by atoms with Gasteiger partial charge in [-0.15, -0.1) is 24.0 Å². The second-order valence-electron chi connectivity index (χ2n) is 5.11. The van der Waals surface area contributed by atoms with Crippen LogP contribution in [0, 0.1) is 5.82 Å². The molecule has 5 nitrogen and oxygen atoms in total. The fraction of sp³-hybridized carbons (Fsp3) is 0.588. The van der Waals surface area contributed by atoms with Crippen LogP contribution in [0.15, 0.2) is 29.3 Å². The molecule has 0 amide bonds. The lowest BCUT2D eigenvalue weighted by Crippen LogP contribution is -2.38. The van der Waals surface area contributed by atoms with E-state index in [9.17, 15) is 4.39 Å². The number of hydrogen-bond donors (Lipinski definition) is 2. The van der Waals surface area contributed by atoms with E-state index in [0.29, 0.717) is 13.2 Å². The molecule has 1 aromatic rings. The monoisotopic (exact) mass is 453 g/mol. The fourth-order valence-electron chi connectivity index (χ4n) is 1.98. The van der Waals surface area contributed by atoms with Crippen molar-refractivity contribution in [2.75, 3.05) is 47.1 Å². The van der Waals surface area contributed by atoms with Crippen molar-refractivity contribution in [1.29, 1.82) is 0 Å². The van der Waals surface area contributed by atoms with Crippen molar-refractivity contribution in [3.05, 3.63) is 35.6 Å². The topological polar surface area (TPSA) is 54.9 Å². The van der Waals surface area contributed by atoms with Crippen LogP contribution < -0.4 is 10.6 Å². The summed E-state index contributed by atoms with van der Waals surface area (Å²) >= 11 is 0. The molecule has 0 saturated carbocycles. The van der Waals surface area contributed by atoms with E-state index in [4.69, 9.17) is 9.47 Å². The summed E-state index contributed by atoms with van der Waals surface area (Å²) in [6.07, 6.45) is 2.85. The van der Waals surface area contributed by atoms with Gasteiger partial charge in [0.2, 0.25) is 0 Å². The SMILES string of the molecule is CN=C(NCCCCOCCOC)NCCc1ccc(F)cc1.I. The van der Waals surface area contributed by atoms with Crippen LogP contribution in [0.3, 0.4) is 0 Å². The Balaban J connectivity index is 0.00000529. The van der Waals surface area contributed by atoms with E-state index in [-0.39, 0.29) is 29.8 Å². The number of nitrogens with one attached hydrogen (secondary N) is 2. The molecule has 0 unspecified atom stereocenters. The lowest BCUT2D eigenvalue weighted by Gasteiger charge is -2.12. The van der Waals surface area contributed by atoms with Gasteiger partial charge in [0.05, 0.1) is 13.2 Å². The number of rotatable bonds is 11. The molecule has 2 N–H and O–H groups in total. The van der Waals surface area contributed by atoms with E-state index >= 15 is 0 Å². The highest BCUT2D eigenvalue weighted by atomic mass is 127. The van der Waals surface area contributed by atoms with Gasteiger partial charge >= 0.3 is 0 Å². The summed E-state index contributed by atoms with van der Waals surface area (Å²) in [4.78, 5) is 4.18. The maximum Gasteiger partial charge on any atom is 0.190 e. The molecule has 0 saturated heterocycles. The minimum absolute atomic E-state index is 0. The van der Waals surface area contributed by atoms with Crippen molar-refractivity contribution < 1.29 is 13.9 Å². The minimum Gasteiger partial charge on any atom is -0.382 e. The smallest absolute Gasteiger partial charge is 0.190 e. The van der Waals surface area contributed by atoms with Crippen LogP contribution in [0.4, 0.5) is 4.39 Å². The maximum absolute atomic E-state index is 12.8. The van der Waals surface area contributed by atoms with Crippen LogP contribution in [-0.4, -0.2) is 53.0 Å². The molecule has 0 fully saturated rings. The standard InChI is InChI=1S/C17H28FN3O2.HI/c1-19-17(20-10-3-4-12-23-14-13-22-2)21-11-9-15-5-7-16(18)8-6-15;/h5-8H,3-4,9-14H2,1-2H3,(H2,19,20,21);1H. The summed E-state index contributed by atoms with van der Waals surface area (Å²) in [6, 6.07) is 6.57. The Morgan fingerprint density at radius 3 is 2.42 bits per heavy atom. The van der Waals surface area contributed by atoms with Crippen molar-refractivity contribution in [1.82, 2.24) is 10.6 Å². The highest BCUT2D eigenvalue weighted by Crippen LogP contribution is 2.02. The molecule has 0 heterocycles. The van der Waals surface area contributed by atoms with E-state index in [1.807, 2.05) is 0 Å². The third-order valence-electron chi connectivity index (χ3n) is 3.28. The predicted octanol–water partition coefficient (Wildman–Crippen LogP) is 2.59. The Hall–Kier alpha value is -0.930. The molecular weight excluding hydrogens is 424 g/mol. The van der Waals surface area contributed by atoms with Gasteiger partial charge in [0.25, 0.3) is 0 Å². The molecule has 1 aromatic carbocycles. The summed E-state index contributed by atoms with van der Waals surface area (Å²) in [5.41, 5.74) is 1.10. The van der Waals surface area contributed by atoms with E-state index in [2.05, 4.69) is 15.6 Å². The van der Waals surface area contributed by atoms with Crippen LogP contribution in [0.5, 0.6) is 0 Å². The van der Waals surface area contributed by atoms with Gasteiger partial charge in [-0.05, 0) is 37.0 Å². The number of benzene rings is 1. The van der Waals surface area contributed by atoms with Crippen LogP contribution in [0.2, 0.25) is 0 Å². The zero-order chi connectivity index (χ0) is 16.8. The summed E-state index contributed by atoms with van der Waals surface area (Å²) in [5.74, 6) is 0.581. The van der Waals surface area contributed by atoms with E-state index in [1.165, 1.54) is 12.1 Å². The number of guanidine groups is 1. The molecule has 7 heteroatoms. The van der Waals surface area contributed by atoms with Crippen LogP contribution in [0.1, 0.15) is 18.4 Å². The van der Waals surface area contributed by atoms with Gasteiger partial charge in [-0.3, -0.25) is 4.99 Å². The maximum atomic E-state index is 12.8. The van der Waals surface area contributed by atoms with Crippen LogP contribution >= 0.6 is 24.0 Å². The molecule has 0 aromatic heterocycles. The molecule has 0 aliphatic rings. The third kappa shape index (κ3) is 11.6. The van der Waals surface area contributed by atoms with Crippen molar-refractivity contribution >= 4 is 29.9 Å². The van der Waals surface area contributed by atoms with Crippen molar-refractivity contribution in [3.63, 3.8) is 0 Å². The van der Waals surface area contributed by atoms with Crippen LogP contribution in [-0.2, 0) is 15.9 Å². The number of ether oxygens (including phenoxy) is 2. The van der Waals surface area contributed by atoms with Gasteiger partial charge in [-0.1, -0.05) is 12.1 Å². The highest BCUT2D eigenvalue weighted by molar-refractivity contribution is 14.0. The van der Waals surface area contributed by atoms with Gasteiger partial charge in [-0.25, -0.2) is 4.39 Å². The Morgan fingerprint density at radius 1 is 1.04 bits per heavy atom. The first kappa shape index (κ1) is 23.1. The molecule has 0 atom stereocenters. The van der Waals surface area contributed by atoms with Crippen molar-refractivity contribution in [2.45, 2.75) is 19.3 Å². The normalized spacial score (nSPS) is 11.0. The molecule has 0 aliphatic carbocycles. The number of aliphatic imine (C=N–C) groups is 1. The summed E-state index contributed by atoms with van der Waals surface area (Å²) < 4.78 is 23.1. The Bertz CT molecular complexity index is 444. The van der Waals surface area contributed by atoms with Gasteiger partial charge in [0.1, 0.15) is 5.82 Å². The second-order valence-corrected chi connectivity index (χ2v) is 5.11. The zero-order valence-corrected chi connectivity index (χ0v) is 16.8. The first-order valence-electron chi connectivity index (χ1n) is 8.02. The third-order valence-corrected chi connectivity index (χ3v) is 3.28. The first-order chi connectivity index (χ1) is 11.3. The lowest BCUT2D eigenvalue weighted by molar-refractivity contribution is 0.0689. The Morgan fingerprint density at radius 2 is 1.75 bits per heavy atom. The molecular formula is C17H29FIN3O2. The Kier molecular flexibility index (Phi) is 15.0. The molecule has 0 spiro atoms.